The number of rotatable bonds is 3. The molecule has 1 N–H and O–H groups in total. The lowest BCUT2D eigenvalue weighted by Gasteiger charge is -2.48. The van der Waals surface area contributed by atoms with Crippen molar-refractivity contribution < 1.29 is 9.90 Å². The minimum Gasteiger partial charge on any atom is -0.481 e. The fourth-order valence-electron chi connectivity index (χ4n) is 1.81. The first-order valence-electron chi connectivity index (χ1n) is 6.38. The number of hydrogen-bond donors (Lipinski definition) is 1. The first-order chi connectivity index (χ1) is 7.15. The Kier molecular flexibility index (Phi) is 4.16. The molecule has 0 aromatic carbocycles. The smallest absolute Gasteiger partial charge is 0.309 e. The normalized spacial score (nSPS) is 17.7. The van der Waals surface area contributed by atoms with Gasteiger partial charge in [-0.25, -0.2) is 0 Å². The Morgan fingerprint density at radius 1 is 0.824 bits per heavy atom. The summed E-state index contributed by atoms with van der Waals surface area (Å²) in [5, 5.41) is 9.60. The standard InChI is InChI=1S/C15H30O2/c1-12(2,3)14(7,8)10-15(9,11(16)17)13(4,5)6/h10H2,1-9H3,(H,16,17). The summed E-state index contributed by atoms with van der Waals surface area (Å²) in [5.74, 6) is -0.692. The van der Waals surface area contributed by atoms with Crippen molar-refractivity contribution in [2.24, 2.45) is 21.7 Å². The van der Waals surface area contributed by atoms with E-state index in [4.69, 9.17) is 0 Å². The van der Waals surface area contributed by atoms with E-state index in [1.165, 1.54) is 0 Å². The van der Waals surface area contributed by atoms with Crippen molar-refractivity contribution in [2.45, 2.75) is 68.7 Å². The van der Waals surface area contributed by atoms with E-state index in [0.29, 0.717) is 6.42 Å². The predicted octanol–water partition coefficient (Wildman–Crippen LogP) is 4.59. The average Bonchev–Trinajstić information content (AvgIpc) is 1.98. The van der Waals surface area contributed by atoms with Crippen molar-refractivity contribution in [2.75, 3.05) is 0 Å². The summed E-state index contributed by atoms with van der Waals surface area (Å²) in [5.41, 5.74) is -0.881. The van der Waals surface area contributed by atoms with Crippen LogP contribution in [0.2, 0.25) is 0 Å². The molecule has 0 amide bonds. The minimum atomic E-state index is -0.705. The van der Waals surface area contributed by atoms with E-state index in [0.717, 1.165) is 0 Å². The fourth-order valence-corrected chi connectivity index (χ4v) is 1.81. The quantitative estimate of drug-likeness (QED) is 0.786. The summed E-state index contributed by atoms with van der Waals surface area (Å²) in [7, 11) is 0. The zero-order chi connectivity index (χ0) is 14.3. The van der Waals surface area contributed by atoms with E-state index in [-0.39, 0.29) is 16.2 Å². The first-order valence-corrected chi connectivity index (χ1v) is 6.38. The molecule has 0 aromatic rings. The molecule has 2 heteroatoms. The Labute approximate surface area is 107 Å². The van der Waals surface area contributed by atoms with Crippen molar-refractivity contribution in [1.29, 1.82) is 0 Å². The summed E-state index contributed by atoms with van der Waals surface area (Å²) in [6.07, 6.45) is 0.683. The summed E-state index contributed by atoms with van der Waals surface area (Å²) < 4.78 is 0. The second-order valence-corrected chi connectivity index (χ2v) is 8.20. The molecule has 0 radical (unpaired) electrons. The lowest BCUT2D eigenvalue weighted by atomic mass is 9.55. The molecule has 0 bridgehead atoms. The molecule has 102 valence electrons. The summed E-state index contributed by atoms with van der Waals surface area (Å²) in [6, 6.07) is 0. The van der Waals surface area contributed by atoms with Gasteiger partial charge in [0.05, 0.1) is 5.41 Å². The zero-order valence-electron chi connectivity index (χ0n) is 13.1. The zero-order valence-corrected chi connectivity index (χ0v) is 13.1. The molecular formula is C15H30O2. The summed E-state index contributed by atoms with van der Waals surface area (Å²) >= 11 is 0. The molecule has 1 atom stereocenters. The van der Waals surface area contributed by atoms with E-state index in [9.17, 15) is 9.90 Å². The van der Waals surface area contributed by atoms with E-state index in [1.54, 1.807) is 0 Å². The van der Waals surface area contributed by atoms with Crippen LogP contribution in [0.5, 0.6) is 0 Å². The van der Waals surface area contributed by atoms with Crippen molar-refractivity contribution in [3.05, 3.63) is 0 Å². The average molecular weight is 242 g/mol. The highest BCUT2D eigenvalue weighted by Crippen LogP contribution is 2.52. The van der Waals surface area contributed by atoms with Crippen LogP contribution >= 0.6 is 0 Å². The topological polar surface area (TPSA) is 37.3 Å². The minimum absolute atomic E-state index is 0.0204. The van der Waals surface area contributed by atoms with Crippen molar-refractivity contribution in [3.63, 3.8) is 0 Å². The molecule has 0 saturated carbocycles. The highest BCUT2D eigenvalue weighted by Gasteiger charge is 2.50. The van der Waals surface area contributed by atoms with Crippen LogP contribution in [0.1, 0.15) is 68.7 Å². The number of carboxylic acid groups (broad SMARTS) is 1. The molecule has 0 spiro atoms. The molecule has 1 unspecified atom stereocenters. The SMILES string of the molecule is CC(C)(C)C(C)(C)CC(C)(C(=O)O)C(C)(C)C. The largest absolute Gasteiger partial charge is 0.481 e. The third-order valence-corrected chi connectivity index (χ3v) is 4.95. The lowest BCUT2D eigenvalue weighted by molar-refractivity contribution is -0.159. The molecule has 0 heterocycles. The van der Waals surface area contributed by atoms with Gasteiger partial charge in [-0.1, -0.05) is 55.4 Å². The maximum absolute atomic E-state index is 11.7. The third kappa shape index (κ3) is 3.23. The van der Waals surface area contributed by atoms with Gasteiger partial charge >= 0.3 is 5.97 Å². The van der Waals surface area contributed by atoms with E-state index < -0.39 is 11.4 Å². The van der Waals surface area contributed by atoms with Crippen LogP contribution < -0.4 is 0 Å². The first kappa shape index (κ1) is 16.5. The van der Waals surface area contributed by atoms with Crippen LogP contribution in [-0.4, -0.2) is 11.1 Å². The van der Waals surface area contributed by atoms with Gasteiger partial charge in [0, 0.05) is 0 Å². The number of aliphatic carboxylic acids is 1. The predicted molar refractivity (Wildman–Crippen MR) is 73.1 cm³/mol. The van der Waals surface area contributed by atoms with E-state index in [1.807, 2.05) is 27.7 Å². The summed E-state index contributed by atoms with van der Waals surface area (Å²) in [4.78, 5) is 11.7. The molecule has 17 heavy (non-hydrogen) atoms. The van der Waals surface area contributed by atoms with Crippen LogP contribution in [0.25, 0.3) is 0 Å². The number of carboxylic acids is 1. The van der Waals surface area contributed by atoms with E-state index in [2.05, 4.69) is 34.6 Å². The maximum atomic E-state index is 11.7. The highest BCUT2D eigenvalue weighted by molar-refractivity contribution is 5.75. The molecule has 0 aliphatic carbocycles. The highest BCUT2D eigenvalue weighted by atomic mass is 16.4. The van der Waals surface area contributed by atoms with Crippen LogP contribution in [-0.2, 0) is 4.79 Å². The molecule has 0 aliphatic heterocycles. The van der Waals surface area contributed by atoms with E-state index >= 15 is 0 Å². The molecule has 2 nitrogen and oxygen atoms in total. The molecule has 0 saturated heterocycles. The Hall–Kier alpha value is -0.530. The van der Waals surface area contributed by atoms with Gasteiger partial charge in [-0.3, -0.25) is 4.79 Å². The van der Waals surface area contributed by atoms with Crippen LogP contribution in [0.3, 0.4) is 0 Å². The van der Waals surface area contributed by atoms with Gasteiger partial charge < -0.3 is 5.11 Å². The number of carbonyl (C=O) groups is 1. The number of hydrogen-bond acceptors (Lipinski definition) is 1. The van der Waals surface area contributed by atoms with Crippen LogP contribution in [0, 0.1) is 21.7 Å². The lowest BCUT2D eigenvalue weighted by Crippen LogP contribution is -2.46. The molecule has 0 aliphatic rings. The van der Waals surface area contributed by atoms with Gasteiger partial charge in [0.15, 0.2) is 0 Å². The van der Waals surface area contributed by atoms with Crippen molar-refractivity contribution >= 4 is 5.97 Å². The van der Waals surface area contributed by atoms with Gasteiger partial charge in [-0.15, -0.1) is 0 Å². The van der Waals surface area contributed by atoms with Gasteiger partial charge in [-0.2, -0.15) is 0 Å². The Morgan fingerprint density at radius 3 is 1.35 bits per heavy atom. The Morgan fingerprint density at radius 2 is 1.18 bits per heavy atom. The van der Waals surface area contributed by atoms with Crippen molar-refractivity contribution in [1.82, 2.24) is 0 Å². The second kappa shape index (κ2) is 4.29. The van der Waals surface area contributed by atoms with Crippen LogP contribution in [0.4, 0.5) is 0 Å². The Balaban J connectivity index is 5.39. The Bertz CT molecular complexity index is 289. The monoisotopic (exact) mass is 242 g/mol. The van der Waals surface area contributed by atoms with Gasteiger partial charge in [0.1, 0.15) is 0 Å². The van der Waals surface area contributed by atoms with Gasteiger partial charge in [-0.05, 0) is 29.6 Å². The molecule has 0 fully saturated rings. The van der Waals surface area contributed by atoms with Crippen LogP contribution in [0.15, 0.2) is 0 Å². The summed E-state index contributed by atoms with van der Waals surface area (Å²) in [6.45, 7) is 18.8. The fraction of sp³-hybridized carbons (Fsp3) is 0.933. The maximum Gasteiger partial charge on any atom is 0.309 e. The molecular weight excluding hydrogens is 212 g/mol. The van der Waals surface area contributed by atoms with Crippen molar-refractivity contribution in [3.8, 4) is 0 Å². The van der Waals surface area contributed by atoms with Gasteiger partial charge in [0.2, 0.25) is 0 Å². The molecule has 0 rings (SSSR count). The molecule has 0 aromatic heterocycles. The second-order valence-electron chi connectivity index (χ2n) is 8.20. The third-order valence-electron chi connectivity index (χ3n) is 4.95. The van der Waals surface area contributed by atoms with Gasteiger partial charge in [0.25, 0.3) is 0 Å².